The molecule has 0 spiro atoms. The summed E-state index contributed by atoms with van der Waals surface area (Å²) in [5.41, 5.74) is 0.453. The zero-order valence-corrected chi connectivity index (χ0v) is 43.2. The van der Waals surface area contributed by atoms with Crippen LogP contribution in [-0.4, -0.2) is 124 Å². The number of rotatable bonds is 27. The standard InChI is InChI=1S/C54H73BN6O14/c1-6-16-41(55-74-47-35-23-26-40(53(35,3)4)54(47,5)75-55)60-51(72)38(29-32-17-10-7-11-18-32)59-48(69)36(24-27-42(63)64)58-52(73)46(45(33-19-12-8-13-20-33)34-21-14-9-15-22-34)61-49(70)37(25-28-43(65)66)57-50(71)39(30-44(67)68)56-31(2)62/h6,8-9,12-15,19-22,32,35-41,45-47H,1,7,10-11,16-18,23-30H2,2-5H3,(H,56,62)(H,57,71)(H,58,73)(H,59,69)(H,60,72)(H,61,70)(H,63,64)(H,65,66)(H,67,68)/t35?,36-,37-,38-,39-,40?,41-,46?,47?,54-/m0/s1. The van der Waals surface area contributed by atoms with E-state index in [2.05, 4.69) is 59.3 Å². The Balaban J connectivity index is 1.31. The third-order valence-corrected chi connectivity index (χ3v) is 15.8. The van der Waals surface area contributed by atoms with Gasteiger partial charge in [-0.3, -0.25) is 43.2 Å². The van der Waals surface area contributed by atoms with E-state index in [-0.39, 0.29) is 42.1 Å². The molecule has 406 valence electrons. The van der Waals surface area contributed by atoms with Crippen LogP contribution in [0.5, 0.6) is 0 Å². The molecule has 6 amide bonds. The first-order chi connectivity index (χ1) is 35.6. The van der Waals surface area contributed by atoms with E-state index in [0.29, 0.717) is 11.1 Å². The van der Waals surface area contributed by atoms with Crippen LogP contribution in [0.2, 0.25) is 0 Å². The van der Waals surface area contributed by atoms with E-state index in [1.54, 1.807) is 66.7 Å². The number of carboxylic acid groups (broad SMARTS) is 3. The molecule has 75 heavy (non-hydrogen) atoms. The first kappa shape index (κ1) is 57.7. The number of nitrogens with one attached hydrogen (secondary N) is 6. The molecule has 1 heterocycles. The van der Waals surface area contributed by atoms with Crippen molar-refractivity contribution in [3.8, 4) is 0 Å². The highest BCUT2D eigenvalue weighted by Gasteiger charge is 2.71. The maximum absolute atomic E-state index is 15.1. The van der Waals surface area contributed by atoms with Gasteiger partial charge in [0.2, 0.25) is 35.4 Å². The molecule has 9 N–H and O–H groups in total. The summed E-state index contributed by atoms with van der Waals surface area (Å²) in [6.07, 6.45) is 5.42. The number of amides is 6. The fourth-order valence-electron chi connectivity index (χ4n) is 12.1. The topological polar surface area (TPSA) is 305 Å². The summed E-state index contributed by atoms with van der Waals surface area (Å²) < 4.78 is 13.4. The van der Waals surface area contributed by atoms with Crippen LogP contribution in [0, 0.1) is 23.2 Å². The first-order valence-electron chi connectivity index (χ1n) is 26.1. The van der Waals surface area contributed by atoms with E-state index in [1.165, 1.54) is 0 Å². The molecule has 10 atom stereocenters. The highest BCUT2D eigenvalue weighted by molar-refractivity contribution is 6.48. The Hall–Kier alpha value is -6.61. The molecule has 1 aliphatic heterocycles. The fraction of sp³-hybridized carbons (Fsp3) is 0.574. The molecular formula is C54H73BN6O14. The molecule has 2 aromatic rings. The Labute approximate surface area is 437 Å². The summed E-state index contributed by atoms with van der Waals surface area (Å²) in [5, 5.41) is 44.9. The van der Waals surface area contributed by atoms with Crippen molar-refractivity contribution in [2.75, 3.05) is 0 Å². The number of carboxylic acids is 3. The molecule has 1 saturated heterocycles. The Bertz CT molecular complexity index is 2350. The van der Waals surface area contributed by atoms with Crippen LogP contribution in [0.1, 0.15) is 135 Å². The molecule has 3 saturated carbocycles. The van der Waals surface area contributed by atoms with Crippen molar-refractivity contribution >= 4 is 60.5 Å². The average molecular weight is 1040 g/mol. The Morgan fingerprint density at radius 3 is 1.69 bits per heavy atom. The van der Waals surface area contributed by atoms with Crippen LogP contribution in [-0.2, 0) is 52.5 Å². The van der Waals surface area contributed by atoms with Crippen LogP contribution in [0.25, 0.3) is 0 Å². The van der Waals surface area contributed by atoms with Gasteiger partial charge >= 0.3 is 25.0 Å². The predicted molar refractivity (Wildman–Crippen MR) is 274 cm³/mol. The lowest BCUT2D eigenvalue weighted by molar-refractivity contribution is -0.141. The molecule has 2 aromatic carbocycles. The van der Waals surface area contributed by atoms with E-state index in [4.69, 9.17) is 9.31 Å². The molecule has 2 bridgehead atoms. The fourth-order valence-corrected chi connectivity index (χ4v) is 12.1. The average Bonchev–Trinajstić information content (AvgIpc) is 3.94. The highest BCUT2D eigenvalue weighted by Crippen LogP contribution is 2.66. The maximum Gasteiger partial charge on any atom is 0.482 e. The third-order valence-electron chi connectivity index (χ3n) is 15.8. The normalized spacial score (nSPS) is 23.0. The second-order valence-electron chi connectivity index (χ2n) is 21.3. The lowest BCUT2D eigenvalue weighted by Crippen LogP contribution is -2.61. The number of hydrogen-bond acceptors (Lipinski definition) is 11. The molecule has 21 heteroatoms. The quantitative estimate of drug-likeness (QED) is 0.0455. The van der Waals surface area contributed by atoms with E-state index < -0.39 is 140 Å². The smallest absolute Gasteiger partial charge is 0.481 e. The zero-order chi connectivity index (χ0) is 54.6. The Morgan fingerprint density at radius 1 is 0.653 bits per heavy atom. The maximum atomic E-state index is 15.1. The molecule has 3 aliphatic carbocycles. The summed E-state index contributed by atoms with van der Waals surface area (Å²) >= 11 is 0. The SMILES string of the molecule is C=CC[C@H](NC(=O)[C@H](CC1CCCCC1)NC(=O)[C@H](CCC(=O)O)NC(=O)C(NC(=O)[C@H](CCC(=O)O)NC(=O)[C@H](CC(=O)O)NC(C)=O)C(c1ccccc1)c1ccccc1)B1OC2C3CCC(C3(C)C)[C@]2(C)O1. The Morgan fingerprint density at radius 2 is 1.17 bits per heavy atom. The summed E-state index contributed by atoms with van der Waals surface area (Å²) in [5.74, 6) is -10.6. The van der Waals surface area contributed by atoms with Gasteiger partial charge in [-0.1, -0.05) is 113 Å². The van der Waals surface area contributed by atoms with Gasteiger partial charge in [-0.15, -0.1) is 6.58 Å². The summed E-state index contributed by atoms with van der Waals surface area (Å²) in [6, 6.07) is 9.25. The minimum atomic E-state index is -1.71. The van der Waals surface area contributed by atoms with Crippen molar-refractivity contribution in [2.45, 2.75) is 171 Å². The largest absolute Gasteiger partial charge is 0.482 e. The van der Waals surface area contributed by atoms with Crippen molar-refractivity contribution in [3.05, 3.63) is 84.4 Å². The van der Waals surface area contributed by atoms with Crippen LogP contribution >= 0.6 is 0 Å². The van der Waals surface area contributed by atoms with Gasteiger partial charge in [0.05, 0.1) is 24.1 Å². The van der Waals surface area contributed by atoms with Crippen LogP contribution < -0.4 is 31.9 Å². The van der Waals surface area contributed by atoms with Gasteiger partial charge in [0.25, 0.3) is 0 Å². The van der Waals surface area contributed by atoms with Crippen molar-refractivity contribution in [2.24, 2.45) is 23.2 Å². The molecule has 0 radical (unpaired) electrons. The van der Waals surface area contributed by atoms with Gasteiger partial charge in [0.1, 0.15) is 30.2 Å². The van der Waals surface area contributed by atoms with Crippen molar-refractivity contribution < 1.29 is 67.8 Å². The van der Waals surface area contributed by atoms with Crippen LogP contribution in [0.4, 0.5) is 0 Å². The molecule has 4 fully saturated rings. The minimum Gasteiger partial charge on any atom is -0.481 e. The van der Waals surface area contributed by atoms with Gasteiger partial charge in [-0.2, -0.15) is 0 Å². The number of carbonyl (C=O) groups is 9. The molecule has 6 rings (SSSR count). The minimum absolute atomic E-state index is 0.0191. The van der Waals surface area contributed by atoms with E-state index in [9.17, 15) is 53.7 Å². The van der Waals surface area contributed by atoms with Crippen molar-refractivity contribution in [1.29, 1.82) is 0 Å². The number of carbonyl (C=O) groups excluding carboxylic acids is 6. The zero-order valence-electron chi connectivity index (χ0n) is 43.2. The monoisotopic (exact) mass is 1040 g/mol. The van der Waals surface area contributed by atoms with E-state index in [1.807, 2.05) is 0 Å². The summed E-state index contributed by atoms with van der Waals surface area (Å²) in [7, 11) is -0.801. The number of aliphatic carboxylic acids is 3. The molecule has 4 unspecified atom stereocenters. The molecule has 0 aromatic heterocycles. The van der Waals surface area contributed by atoms with Crippen LogP contribution in [0.3, 0.4) is 0 Å². The third kappa shape index (κ3) is 14.6. The molecule has 4 aliphatic rings. The van der Waals surface area contributed by atoms with Gasteiger partial charge in [0, 0.05) is 25.7 Å². The summed E-state index contributed by atoms with van der Waals surface area (Å²) in [4.78, 5) is 120. The van der Waals surface area contributed by atoms with Gasteiger partial charge in [-0.05, 0) is 79.7 Å². The van der Waals surface area contributed by atoms with Gasteiger partial charge < -0.3 is 56.5 Å². The summed E-state index contributed by atoms with van der Waals surface area (Å²) in [6.45, 7) is 11.6. The number of fused-ring (bicyclic) bond motifs is 5. The number of hydrogen-bond donors (Lipinski definition) is 9. The predicted octanol–water partition coefficient (Wildman–Crippen LogP) is 3.77. The van der Waals surface area contributed by atoms with E-state index in [0.717, 1.165) is 51.9 Å². The second kappa shape index (κ2) is 25.8. The van der Waals surface area contributed by atoms with Gasteiger partial charge in [0.15, 0.2) is 0 Å². The van der Waals surface area contributed by atoms with Gasteiger partial charge in [-0.25, -0.2) is 0 Å². The molecular weight excluding hydrogens is 967 g/mol. The van der Waals surface area contributed by atoms with Crippen LogP contribution in [0.15, 0.2) is 73.3 Å². The first-order valence-corrected chi connectivity index (χ1v) is 26.1. The Kier molecular flexibility index (Phi) is 19.8. The van der Waals surface area contributed by atoms with Crippen molar-refractivity contribution in [3.63, 3.8) is 0 Å². The molecule has 20 nitrogen and oxygen atoms in total. The lowest BCUT2D eigenvalue weighted by atomic mass is 9.74. The second-order valence-corrected chi connectivity index (χ2v) is 21.3. The van der Waals surface area contributed by atoms with E-state index >= 15 is 4.79 Å². The number of benzene rings is 2. The highest BCUT2D eigenvalue weighted by atomic mass is 16.7. The van der Waals surface area contributed by atoms with Crippen molar-refractivity contribution in [1.82, 2.24) is 31.9 Å². The lowest BCUT2D eigenvalue weighted by Gasteiger charge is -2.35.